The Morgan fingerprint density at radius 3 is 2.44 bits per heavy atom. The first-order chi connectivity index (χ1) is 8.50. The van der Waals surface area contributed by atoms with E-state index in [1.807, 2.05) is 19.0 Å². The molecule has 4 nitrogen and oxygen atoms in total. The SMILES string of the molecule is CC(C)CCCNC1CCN(C(=O)N(C)C)CC1. The highest BCUT2D eigenvalue weighted by atomic mass is 16.2. The van der Waals surface area contributed by atoms with Crippen LogP contribution in [0.5, 0.6) is 0 Å². The van der Waals surface area contributed by atoms with E-state index in [4.69, 9.17) is 0 Å². The monoisotopic (exact) mass is 255 g/mol. The van der Waals surface area contributed by atoms with Gasteiger partial charge in [0.15, 0.2) is 0 Å². The fraction of sp³-hybridized carbons (Fsp3) is 0.929. The average molecular weight is 255 g/mol. The highest BCUT2D eigenvalue weighted by molar-refractivity contribution is 5.73. The van der Waals surface area contributed by atoms with E-state index in [2.05, 4.69) is 19.2 Å². The van der Waals surface area contributed by atoms with Crippen molar-refractivity contribution in [3.05, 3.63) is 0 Å². The minimum Gasteiger partial charge on any atom is -0.331 e. The quantitative estimate of drug-likeness (QED) is 0.764. The van der Waals surface area contributed by atoms with Crippen LogP contribution >= 0.6 is 0 Å². The first-order valence-electron chi connectivity index (χ1n) is 7.20. The van der Waals surface area contributed by atoms with Crippen molar-refractivity contribution in [1.82, 2.24) is 15.1 Å². The molecule has 1 aliphatic heterocycles. The molecule has 1 aliphatic rings. The van der Waals surface area contributed by atoms with Crippen molar-refractivity contribution in [3.8, 4) is 0 Å². The highest BCUT2D eigenvalue weighted by Gasteiger charge is 2.22. The fourth-order valence-corrected chi connectivity index (χ4v) is 2.37. The number of carbonyl (C=O) groups is 1. The third kappa shape index (κ3) is 5.25. The molecule has 0 spiro atoms. The van der Waals surface area contributed by atoms with Gasteiger partial charge in [0.05, 0.1) is 0 Å². The van der Waals surface area contributed by atoms with E-state index >= 15 is 0 Å². The zero-order chi connectivity index (χ0) is 13.5. The largest absolute Gasteiger partial charge is 0.331 e. The standard InChI is InChI=1S/C14H29N3O/c1-12(2)6-5-9-15-13-7-10-17(11-8-13)14(18)16(3)4/h12-13,15H,5-11H2,1-4H3. The predicted molar refractivity (Wildman–Crippen MR) is 75.8 cm³/mol. The summed E-state index contributed by atoms with van der Waals surface area (Å²) < 4.78 is 0. The number of amides is 2. The van der Waals surface area contributed by atoms with E-state index < -0.39 is 0 Å². The lowest BCUT2D eigenvalue weighted by Crippen LogP contribution is -2.48. The van der Waals surface area contributed by atoms with Crippen LogP contribution in [0, 0.1) is 5.92 Å². The van der Waals surface area contributed by atoms with Crippen LogP contribution in [0.25, 0.3) is 0 Å². The molecule has 0 atom stereocenters. The van der Waals surface area contributed by atoms with Gasteiger partial charge in [0.25, 0.3) is 0 Å². The summed E-state index contributed by atoms with van der Waals surface area (Å²) in [5.74, 6) is 0.798. The number of carbonyl (C=O) groups excluding carboxylic acids is 1. The highest BCUT2D eigenvalue weighted by Crippen LogP contribution is 2.12. The molecule has 0 radical (unpaired) electrons. The molecule has 0 aromatic rings. The summed E-state index contributed by atoms with van der Waals surface area (Å²) in [7, 11) is 3.64. The van der Waals surface area contributed by atoms with Crippen molar-refractivity contribution in [2.45, 2.75) is 45.6 Å². The third-order valence-electron chi connectivity index (χ3n) is 3.54. The number of nitrogens with one attached hydrogen (secondary N) is 1. The molecule has 0 unspecified atom stereocenters. The summed E-state index contributed by atoms with van der Waals surface area (Å²) in [6, 6.07) is 0.747. The van der Waals surface area contributed by atoms with Crippen LogP contribution in [-0.2, 0) is 0 Å². The van der Waals surface area contributed by atoms with Crippen molar-refractivity contribution in [2.75, 3.05) is 33.7 Å². The van der Waals surface area contributed by atoms with E-state index in [0.29, 0.717) is 6.04 Å². The molecule has 106 valence electrons. The Labute approximate surface area is 112 Å². The summed E-state index contributed by atoms with van der Waals surface area (Å²) in [6.07, 6.45) is 4.72. The van der Waals surface area contributed by atoms with Crippen LogP contribution < -0.4 is 5.32 Å². The number of likely N-dealkylation sites (tertiary alicyclic amines) is 1. The second-order valence-electron chi connectivity index (χ2n) is 5.93. The third-order valence-corrected chi connectivity index (χ3v) is 3.54. The molecular weight excluding hydrogens is 226 g/mol. The molecule has 2 amide bonds. The normalized spacial score (nSPS) is 17.3. The molecule has 4 heteroatoms. The first kappa shape index (κ1) is 15.3. The lowest BCUT2D eigenvalue weighted by atomic mass is 10.0. The molecule has 0 aromatic heterocycles. The van der Waals surface area contributed by atoms with Gasteiger partial charge in [-0.1, -0.05) is 13.8 Å². The van der Waals surface area contributed by atoms with E-state index in [1.165, 1.54) is 12.8 Å². The van der Waals surface area contributed by atoms with Gasteiger partial charge in [-0.25, -0.2) is 4.79 Å². The van der Waals surface area contributed by atoms with Crippen molar-refractivity contribution in [2.24, 2.45) is 5.92 Å². The molecule has 0 saturated carbocycles. The lowest BCUT2D eigenvalue weighted by molar-refractivity contribution is 0.152. The van der Waals surface area contributed by atoms with Crippen molar-refractivity contribution in [1.29, 1.82) is 0 Å². The number of piperidine rings is 1. The summed E-state index contributed by atoms with van der Waals surface area (Å²) in [4.78, 5) is 15.4. The molecule has 0 aliphatic carbocycles. The van der Waals surface area contributed by atoms with Crippen molar-refractivity contribution < 1.29 is 4.79 Å². The minimum atomic E-state index is 0.147. The van der Waals surface area contributed by atoms with Crippen LogP contribution in [-0.4, -0.2) is 55.6 Å². The van der Waals surface area contributed by atoms with Crippen LogP contribution in [0.2, 0.25) is 0 Å². The van der Waals surface area contributed by atoms with Crippen LogP contribution in [0.15, 0.2) is 0 Å². The summed E-state index contributed by atoms with van der Waals surface area (Å²) in [6.45, 7) is 7.43. The Bertz CT molecular complexity index is 245. The first-order valence-corrected chi connectivity index (χ1v) is 7.20. The zero-order valence-corrected chi connectivity index (χ0v) is 12.4. The van der Waals surface area contributed by atoms with E-state index in [-0.39, 0.29) is 6.03 Å². The molecule has 18 heavy (non-hydrogen) atoms. The molecule has 0 bridgehead atoms. The maximum absolute atomic E-state index is 11.8. The maximum Gasteiger partial charge on any atom is 0.319 e. The Balaban J connectivity index is 2.14. The number of hydrogen-bond donors (Lipinski definition) is 1. The van der Waals surface area contributed by atoms with Crippen LogP contribution in [0.4, 0.5) is 4.79 Å². The van der Waals surface area contributed by atoms with Gasteiger partial charge in [0, 0.05) is 33.2 Å². The summed E-state index contributed by atoms with van der Waals surface area (Å²) >= 11 is 0. The van der Waals surface area contributed by atoms with Gasteiger partial charge >= 0.3 is 6.03 Å². The Kier molecular flexibility index (Phi) is 6.47. The Morgan fingerprint density at radius 2 is 1.94 bits per heavy atom. The second-order valence-corrected chi connectivity index (χ2v) is 5.93. The number of hydrogen-bond acceptors (Lipinski definition) is 2. The predicted octanol–water partition coefficient (Wildman–Crippen LogP) is 2.16. The van der Waals surface area contributed by atoms with Gasteiger partial charge in [-0.05, 0) is 38.1 Å². The molecule has 1 N–H and O–H groups in total. The van der Waals surface area contributed by atoms with Crippen LogP contribution in [0.1, 0.15) is 39.5 Å². The molecule has 1 heterocycles. The van der Waals surface area contributed by atoms with E-state index in [1.54, 1.807) is 4.90 Å². The smallest absolute Gasteiger partial charge is 0.319 e. The molecular formula is C14H29N3O. The van der Waals surface area contributed by atoms with Gasteiger partial charge in [-0.3, -0.25) is 0 Å². The summed E-state index contributed by atoms with van der Waals surface area (Å²) in [5, 5.41) is 3.61. The Morgan fingerprint density at radius 1 is 1.33 bits per heavy atom. The Hall–Kier alpha value is -0.770. The molecule has 1 rings (SSSR count). The van der Waals surface area contributed by atoms with E-state index in [0.717, 1.165) is 38.4 Å². The van der Waals surface area contributed by atoms with Gasteiger partial charge < -0.3 is 15.1 Å². The van der Waals surface area contributed by atoms with Gasteiger partial charge in [-0.15, -0.1) is 0 Å². The molecule has 1 fully saturated rings. The van der Waals surface area contributed by atoms with Crippen molar-refractivity contribution >= 4 is 6.03 Å². The van der Waals surface area contributed by atoms with Gasteiger partial charge in [-0.2, -0.15) is 0 Å². The molecule has 0 aromatic carbocycles. The van der Waals surface area contributed by atoms with Crippen LogP contribution in [0.3, 0.4) is 0 Å². The van der Waals surface area contributed by atoms with Crippen molar-refractivity contribution in [3.63, 3.8) is 0 Å². The maximum atomic E-state index is 11.8. The van der Waals surface area contributed by atoms with E-state index in [9.17, 15) is 4.79 Å². The zero-order valence-electron chi connectivity index (χ0n) is 12.4. The number of urea groups is 1. The fourth-order valence-electron chi connectivity index (χ4n) is 2.37. The minimum absolute atomic E-state index is 0.147. The van der Waals surface area contributed by atoms with Gasteiger partial charge in [0.2, 0.25) is 0 Å². The number of nitrogens with zero attached hydrogens (tertiary/aromatic N) is 2. The lowest BCUT2D eigenvalue weighted by Gasteiger charge is -2.34. The summed E-state index contributed by atoms with van der Waals surface area (Å²) in [5.41, 5.74) is 0. The topological polar surface area (TPSA) is 35.6 Å². The second kappa shape index (κ2) is 7.62. The average Bonchev–Trinajstić information content (AvgIpc) is 2.34. The number of rotatable bonds is 5. The van der Waals surface area contributed by atoms with Gasteiger partial charge in [0.1, 0.15) is 0 Å². The molecule has 1 saturated heterocycles.